The molecule has 3 aromatic carbocycles. The number of nitrogens with zero attached hydrogens (tertiary/aromatic N) is 2. The summed E-state index contributed by atoms with van der Waals surface area (Å²) in [6, 6.07) is 16.4. The summed E-state index contributed by atoms with van der Waals surface area (Å²) in [7, 11) is -3.56. The third-order valence-electron chi connectivity index (χ3n) is 5.57. The molecule has 8 nitrogen and oxygen atoms in total. The molecule has 5 rings (SSSR count). The monoisotopic (exact) mass is 507 g/mol. The number of fused-ring (bicyclic) bond motifs is 1. The highest BCUT2D eigenvalue weighted by atomic mass is 32.2. The predicted molar refractivity (Wildman–Crippen MR) is 133 cm³/mol. The highest BCUT2D eigenvalue weighted by Gasteiger charge is 2.19. The molecule has 0 saturated heterocycles. The van der Waals surface area contributed by atoms with Crippen LogP contribution >= 0.6 is 0 Å². The van der Waals surface area contributed by atoms with Gasteiger partial charge in [-0.2, -0.15) is 5.10 Å². The third kappa shape index (κ3) is 4.43. The highest BCUT2D eigenvalue weighted by Crippen LogP contribution is 2.34. The lowest BCUT2D eigenvalue weighted by Gasteiger charge is -2.14. The fraction of sp³-hybridized carbons (Fsp3) is 0.0400. The number of aromatic amines is 1. The Bertz CT molecular complexity index is 1750. The lowest BCUT2D eigenvalue weighted by atomic mass is 9.99. The van der Waals surface area contributed by atoms with Crippen LogP contribution in [0.4, 0.5) is 14.5 Å². The molecule has 4 N–H and O–H groups in total. The topological polar surface area (TPSA) is 123 Å². The number of benzene rings is 3. The number of H-pyrrole nitrogens is 1. The van der Waals surface area contributed by atoms with Gasteiger partial charge in [0.25, 0.3) is 5.91 Å². The van der Waals surface area contributed by atoms with Crippen molar-refractivity contribution in [3.8, 4) is 28.1 Å². The molecule has 0 aliphatic heterocycles. The Kier molecular flexibility index (Phi) is 5.56. The second-order valence-corrected chi connectivity index (χ2v) is 9.98. The van der Waals surface area contributed by atoms with E-state index in [1.54, 1.807) is 59.3 Å². The molecule has 182 valence electrons. The van der Waals surface area contributed by atoms with Gasteiger partial charge in [-0.3, -0.25) is 14.6 Å². The van der Waals surface area contributed by atoms with Gasteiger partial charge in [-0.15, -0.1) is 0 Å². The van der Waals surface area contributed by atoms with Crippen LogP contribution in [0, 0.1) is 11.6 Å². The normalized spacial score (nSPS) is 11.6. The van der Waals surface area contributed by atoms with Crippen molar-refractivity contribution in [3.63, 3.8) is 0 Å². The second kappa shape index (κ2) is 8.61. The number of nitrogens with two attached hydrogens (primary N) is 1. The molecule has 2 aromatic heterocycles. The van der Waals surface area contributed by atoms with Crippen molar-refractivity contribution >= 4 is 32.5 Å². The van der Waals surface area contributed by atoms with Gasteiger partial charge in [-0.1, -0.05) is 6.07 Å². The standard InChI is InChI=1S/C25H19F2N5O3S/c1-36(34,35)31-18-4-2-14-11-24(25(28)33)32(23(14)13-18)19-9-15(20-5-3-17(26)12-21(20)27)8-16(10-19)22-6-7-29-30-22/h2-13,31H,1H3,(H2,28,33)(H,29,30). The molecular formula is C25H19F2N5O3S. The molecule has 0 bridgehead atoms. The SMILES string of the molecule is CS(=O)(=O)Nc1ccc2cc(C(N)=O)n(-c3cc(-c4cc[nH]n4)cc(-c4ccc(F)cc4F)c3)c2c1. The van der Waals surface area contributed by atoms with E-state index in [-0.39, 0.29) is 16.9 Å². The summed E-state index contributed by atoms with van der Waals surface area (Å²) in [5, 5.41) is 7.55. The number of halogens is 2. The Hall–Kier alpha value is -4.51. The summed E-state index contributed by atoms with van der Waals surface area (Å²) in [6.07, 6.45) is 2.66. The average molecular weight is 508 g/mol. The minimum atomic E-state index is -3.56. The maximum absolute atomic E-state index is 14.7. The van der Waals surface area contributed by atoms with E-state index in [9.17, 15) is 22.0 Å². The average Bonchev–Trinajstić information content (AvgIpc) is 3.46. The fourth-order valence-electron chi connectivity index (χ4n) is 4.13. The Morgan fingerprint density at radius 1 is 1.00 bits per heavy atom. The first-order chi connectivity index (χ1) is 17.1. The van der Waals surface area contributed by atoms with Gasteiger partial charge < -0.3 is 10.3 Å². The van der Waals surface area contributed by atoms with Gasteiger partial charge in [0.2, 0.25) is 10.0 Å². The van der Waals surface area contributed by atoms with Crippen LogP contribution in [0.25, 0.3) is 39.0 Å². The molecule has 0 spiro atoms. The van der Waals surface area contributed by atoms with Crippen molar-refractivity contribution < 1.29 is 22.0 Å². The van der Waals surface area contributed by atoms with Gasteiger partial charge >= 0.3 is 0 Å². The van der Waals surface area contributed by atoms with Crippen LogP contribution in [0.2, 0.25) is 0 Å². The summed E-state index contributed by atoms with van der Waals surface area (Å²) in [4.78, 5) is 12.4. The molecule has 5 aromatic rings. The van der Waals surface area contributed by atoms with Crippen LogP contribution in [0.3, 0.4) is 0 Å². The van der Waals surface area contributed by atoms with Crippen molar-refractivity contribution in [2.24, 2.45) is 5.73 Å². The van der Waals surface area contributed by atoms with E-state index in [0.717, 1.165) is 18.4 Å². The molecule has 1 amide bonds. The zero-order valence-electron chi connectivity index (χ0n) is 18.8. The summed E-state index contributed by atoms with van der Waals surface area (Å²) in [5.74, 6) is -2.19. The van der Waals surface area contributed by atoms with E-state index in [1.807, 2.05) is 0 Å². The number of hydrogen-bond acceptors (Lipinski definition) is 4. The Labute approximate surface area is 204 Å². The summed E-state index contributed by atoms with van der Waals surface area (Å²) in [6.45, 7) is 0. The van der Waals surface area contributed by atoms with Crippen LogP contribution in [0.1, 0.15) is 10.5 Å². The van der Waals surface area contributed by atoms with E-state index in [2.05, 4.69) is 14.9 Å². The molecule has 2 heterocycles. The molecule has 0 aliphatic rings. The molecular weight excluding hydrogens is 488 g/mol. The Balaban J connectivity index is 1.81. The maximum atomic E-state index is 14.7. The second-order valence-electron chi connectivity index (χ2n) is 8.23. The molecule has 0 atom stereocenters. The molecule has 11 heteroatoms. The quantitative estimate of drug-likeness (QED) is 0.315. The molecule has 0 fully saturated rings. The number of anilines is 1. The van der Waals surface area contributed by atoms with Gasteiger partial charge in [-0.05, 0) is 60.2 Å². The van der Waals surface area contributed by atoms with E-state index in [4.69, 9.17) is 5.73 Å². The van der Waals surface area contributed by atoms with Crippen LogP contribution in [-0.4, -0.2) is 35.3 Å². The Morgan fingerprint density at radius 3 is 2.44 bits per heavy atom. The molecule has 0 aliphatic carbocycles. The van der Waals surface area contributed by atoms with E-state index >= 15 is 0 Å². The minimum Gasteiger partial charge on any atom is -0.364 e. The van der Waals surface area contributed by atoms with Crippen LogP contribution in [0.5, 0.6) is 0 Å². The molecule has 0 radical (unpaired) electrons. The number of amides is 1. The lowest BCUT2D eigenvalue weighted by Crippen LogP contribution is -2.16. The summed E-state index contributed by atoms with van der Waals surface area (Å²) >= 11 is 0. The van der Waals surface area contributed by atoms with Gasteiger partial charge in [0.15, 0.2) is 0 Å². The highest BCUT2D eigenvalue weighted by molar-refractivity contribution is 7.92. The first-order valence-corrected chi connectivity index (χ1v) is 12.5. The first-order valence-electron chi connectivity index (χ1n) is 10.6. The number of rotatable bonds is 6. The number of carbonyl (C=O) groups excluding carboxylic acids is 1. The number of sulfonamides is 1. The number of carbonyl (C=O) groups is 1. The predicted octanol–water partition coefficient (Wildman–Crippen LogP) is 4.44. The number of primary amides is 1. The van der Waals surface area contributed by atoms with Crippen LogP contribution < -0.4 is 10.5 Å². The lowest BCUT2D eigenvalue weighted by molar-refractivity contribution is 0.0994. The van der Waals surface area contributed by atoms with Gasteiger partial charge in [-0.25, -0.2) is 17.2 Å². The van der Waals surface area contributed by atoms with Gasteiger partial charge in [0.05, 0.1) is 23.2 Å². The minimum absolute atomic E-state index is 0.131. The van der Waals surface area contributed by atoms with E-state index in [1.165, 1.54) is 6.07 Å². The van der Waals surface area contributed by atoms with Crippen molar-refractivity contribution in [1.82, 2.24) is 14.8 Å². The van der Waals surface area contributed by atoms with E-state index < -0.39 is 27.6 Å². The zero-order chi connectivity index (χ0) is 25.6. The van der Waals surface area contributed by atoms with Gasteiger partial charge in [0.1, 0.15) is 17.3 Å². The van der Waals surface area contributed by atoms with Crippen molar-refractivity contribution in [1.29, 1.82) is 0 Å². The molecule has 36 heavy (non-hydrogen) atoms. The van der Waals surface area contributed by atoms with E-state index in [0.29, 0.717) is 33.4 Å². The van der Waals surface area contributed by atoms with Crippen molar-refractivity contribution in [3.05, 3.63) is 90.3 Å². The Morgan fingerprint density at radius 2 is 1.78 bits per heavy atom. The fourth-order valence-corrected chi connectivity index (χ4v) is 4.68. The summed E-state index contributed by atoms with van der Waals surface area (Å²) in [5.41, 5.74) is 8.73. The number of nitrogens with one attached hydrogen (secondary N) is 2. The van der Waals surface area contributed by atoms with Crippen molar-refractivity contribution in [2.75, 3.05) is 11.0 Å². The van der Waals surface area contributed by atoms with Gasteiger partial charge in [0, 0.05) is 34.5 Å². The largest absolute Gasteiger partial charge is 0.364 e. The molecule has 0 saturated carbocycles. The van der Waals surface area contributed by atoms with Crippen LogP contribution in [-0.2, 0) is 10.0 Å². The molecule has 0 unspecified atom stereocenters. The summed E-state index contributed by atoms with van der Waals surface area (Å²) < 4.78 is 55.9. The smallest absolute Gasteiger partial charge is 0.265 e. The number of aromatic nitrogens is 3. The van der Waals surface area contributed by atoms with Crippen molar-refractivity contribution in [2.45, 2.75) is 0 Å². The first kappa shape index (κ1) is 23.2. The maximum Gasteiger partial charge on any atom is 0.265 e. The van der Waals surface area contributed by atoms with Crippen LogP contribution in [0.15, 0.2) is 72.9 Å². The third-order valence-corrected chi connectivity index (χ3v) is 6.18. The number of hydrogen-bond donors (Lipinski definition) is 3. The zero-order valence-corrected chi connectivity index (χ0v) is 19.6.